The molecule has 2 rings (SSSR count). The van der Waals surface area contributed by atoms with Gasteiger partial charge < -0.3 is 15.0 Å². The Morgan fingerprint density at radius 3 is 2.36 bits per heavy atom. The van der Waals surface area contributed by atoms with Crippen LogP contribution in [0.25, 0.3) is 0 Å². The summed E-state index contributed by atoms with van der Waals surface area (Å²) in [4.78, 5) is 25.6. The van der Waals surface area contributed by atoms with E-state index >= 15 is 0 Å². The number of nitrogens with zero attached hydrogens (tertiary/aromatic N) is 1. The van der Waals surface area contributed by atoms with E-state index in [1.54, 1.807) is 27.7 Å². The molecule has 7 heteroatoms. The Labute approximate surface area is 129 Å². The topological polar surface area (TPSA) is 58.6 Å². The van der Waals surface area contributed by atoms with Gasteiger partial charge in [0.15, 0.2) is 0 Å². The van der Waals surface area contributed by atoms with Crippen LogP contribution in [-0.4, -0.2) is 47.6 Å². The van der Waals surface area contributed by atoms with Crippen LogP contribution in [-0.2, 0) is 9.53 Å². The predicted molar refractivity (Wildman–Crippen MR) is 76.6 cm³/mol. The fraction of sp³-hybridized carbons (Fsp3) is 0.867. The van der Waals surface area contributed by atoms with Gasteiger partial charge in [0, 0.05) is 19.5 Å². The third-order valence-corrected chi connectivity index (χ3v) is 4.27. The Balaban J connectivity index is 1.92. The third-order valence-electron chi connectivity index (χ3n) is 4.27. The second-order valence-electron chi connectivity index (χ2n) is 7.28. The van der Waals surface area contributed by atoms with Crippen molar-refractivity contribution in [3.63, 3.8) is 0 Å². The second kappa shape index (κ2) is 5.35. The number of hydrogen-bond donors (Lipinski definition) is 1. The van der Waals surface area contributed by atoms with Crippen LogP contribution in [0.1, 0.15) is 47.0 Å². The van der Waals surface area contributed by atoms with E-state index in [1.807, 2.05) is 0 Å². The molecule has 0 bridgehead atoms. The molecule has 0 aromatic carbocycles. The van der Waals surface area contributed by atoms with Crippen molar-refractivity contribution in [3.8, 4) is 0 Å². The highest BCUT2D eigenvalue weighted by Crippen LogP contribution is 2.65. The van der Waals surface area contributed by atoms with Crippen LogP contribution in [0.15, 0.2) is 0 Å². The van der Waals surface area contributed by atoms with E-state index in [0.29, 0.717) is 19.4 Å². The molecular weight excluding hydrogens is 294 g/mol. The Kier molecular flexibility index (Phi) is 4.13. The van der Waals surface area contributed by atoms with Gasteiger partial charge in [0.1, 0.15) is 11.6 Å². The van der Waals surface area contributed by atoms with Crippen LogP contribution in [0, 0.1) is 5.41 Å². The molecule has 1 saturated heterocycles. The van der Waals surface area contributed by atoms with E-state index in [2.05, 4.69) is 5.32 Å². The molecule has 5 nitrogen and oxygen atoms in total. The minimum absolute atomic E-state index is 0.0747. The van der Waals surface area contributed by atoms with Crippen molar-refractivity contribution in [3.05, 3.63) is 0 Å². The van der Waals surface area contributed by atoms with Crippen LogP contribution in [0.4, 0.5) is 13.6 Å². The monoisotopic (exact) mass is 318 g/mol. The zero-order valence-electron chi connectivity index (χ0n) is 13.5. The molecule has 1 unspecified atom stereocenters. The summed E-state index contributed by atoms with van der Waals surface area (Å²) in [6.07, 6.45) is -0.0921. The zero-order chi connectivity index (χ0) is 16.8. The quantitative estimate of drug-likeness (QED) is 0.870. The number of nitrogens with one attached hydrogen (secondary N) is 1. The molecule has 0 aromatic heterocycles. The van der Waals surface area contributed by atoms with Crippen LogP contribution < -0.4 is 5.32 Å². The third kappa shape index (κ3) is 3.33. The summed E-state index contributed by atoms with van der Waals surface area (Å²) >= 11 is 0. The molecule has 1 heterocycles. The number of carbonyl (C=O) groups is 2. The van der Waals surface area contributed by atoms with Gasteiger partial charge in [0.2, 0.25) is 5.91 Å². The SMILES string of the molecule is CCC(NC(=O)OC(C)(C)C)C(=O)N1CC[C@]2(C1)CC2(F)F. The number of amides is 2. The van der Waals surface area contributed by atoms with E-state index in [4.69, 9.17) is 4.74 Å². The van der Waals surface area contributed by atoms with Gasteiger partial charge in [-0.25, -0.2) is 13.6 Å². The van der Waals surface area contributed by atoms with E-state index in [0.717, 1.165) is 0 Å². The Hall–Kier alpha value is -1.40. The van der Waals surface area contributed by atoms with Crippen molar-refractivity contribution >= 4 is 12.0 Å². The van der Waals surface area contributed by atoms with Crippen LogP contribution >= 0.6 is 0 Å². The maximum Gasteiger partial charge on any atom is 0.408 e. The summed E-state index contributed by atoms with van der Waals surface area (Å²) in [5.41, 5.74) is -1.67. The minimum atomic E-state index is -2.65. The first-order chi connectivity index (χ1) is 10.00. The molecule has 2 aliphatic rings. The Morgan fingerprint density at radius 1 is 1.36 bits per heavy atom. The highest BCUT2D eigenvalue weighted by Gasteiger charge is 2.73. The molecule has 0 aromatic rings. The summed E-state index contributed by atoms with van der Waals surface area (Å²) in [6.45, 7) is 7.35. The van der Waals surface area contributed by atoms with Crippen molar-refractivity contribution in [1.29, 1.82) is 0 Å². The lowest BCUT2D eigenvalue weighted by Crippen LogP contribution is -2.49. The molecule has 1 aliphatic heterocycles. The smallest absolute Gasteiger partial charge is 0.408 e. The van der Waals surface area contributed by atoms with Gasteiger partial charge in [-0.2, -0.15) is 0 Å². The number of halogens is 2. The minimum Gasteiger partial charge on any atom is -0.444 e. The number of hydrogen-bond acceptors (Lipinski definition) is 3. The largest absolute Gasteiger partial charge is 0.444 e. The fourth-order valence-electron chi connectivity index (χ4n) is 2.89. The second-order valence-corrected chi connectivity index (χ2v) is 7.28. The van der Waals surface area contributed by atoms with Gasteiger partial charge >= 0.3 is 6.09 Å². The normalized spacial score (nSPS) is 27.6. The number of likely N-dealkylation sites (tertiary alicyclic amines) is 1. The van der Waals surface area contributed by atoms with E-state index < -0.39 is 29.1 Å². The number of carbonyl (C=O) groups excluding carboxylic acids is 2. The first-order valence-corrected chi connectivity index (χ1v) is 7.66. The Bertz CT molecular complexity index is 476. The molecule has 22 heavy (non-hydrogen) atoms. The molecule has 1 saturated carbocycles. The Morgan fingerprint density at radius 2 is 1.95 bits per heavy atom. The molecule has 2 amide bonds. The van der Waals surface area contributed by atoms with E-state index in [1.165, 1.54) is 4.90 Å². The first-order valence-electron chi connectivity index (χ1n) is 7.66. The van der Waals surface area contributed by atoms with E-state index in [9.17, 15) is 18.4 Å². The lowest BCUT2D eigenvalue weighted by molar-refractivity contribution is -0.132. The summed E-state index contributed by atoms with van der Waals surface area (Å²) < 4.78 is 31.9. The van der Waals surface area contributed by atoms with E-state index in [-0.39, 0.29) is 18.9 Å². The number of ether oxygens (including phenoxy) is 1. The molecule has 1 N–H and O–H groups in total. The van der Waals surface area contributed by atoms with Gasteiger partial charge in [-0.1, -0.05) is 6.92 Å². The standard InChI is InChI=1S/C15H24F2N2O3/c1-5-10(18-12(21)22-13(2,3)4)11(20)19-7-6-14(9-19)8-15(14,16)17/h10H,5-9H2,1-4H3,(H,18,21)/t10?,14-/m1/s1. The number of alkyl halides is 2. The molecule has 2 atom stereocenters. The first kappa shape index (κ1) is 17.0. The maximum atomic E-state index is 13.4. The van der Waals surface area contributed by atoms with Crippen molar-refractivity contribution < 1.29 is 23.1 Å². The van der Waals surface area contributed by atoms with Gasteiger partial charge in [0.05, 0.1) is 5.41 Å². The van der Waals surface area contributed by atoms with Crippen LogP contribution in [0.3, 0.4) is 0 Å². The highest BCUT2D eigenvalue weighted by atomic mass is 19.3. The predicted octanol–water partition coefficient (Wildman–Crippen LogP) is 2.55. The van der Waals surface area contributed by atoms with Crippen LogP contribution in [0.2, 0.25) is 0 Å². The van der Waals surface area contributed by atoms with Gasteiger partial charge in [-0.05, 0) is 33.6 Å². The summed E-state index contributed by atoms with van der Waals surface area (Å²) in [6, 6.07) is -0.739. The van der Waals surface area contributed by atoms with Crippen molar-refractivity contribution in [2.45, 2.75) is 64.5 Å². The summed E-state index contributed by atoms with van der Waals surface area (Å²) in [5, 5.41) is 2.53. The van der Waals surface area contributed by atoms with Crippen molar-refractivity contribution in [2.75, 3.05) is 13.1 Å². The molecular formula is C15H24F2N2O3. The lowest BCUT2D eigenvalue weighted by Gasteiger charge is -2.25. The zero-order valence-corrected chi connectivity index (χ0v) is 13.5. The maximum absolute atomic E-state index is 13.4. The average molecular weight is 318 g/mol. The number of rotatable bonds is 3. The van der Waals surface area contributed by atoms with Crippen molar-refractivity contribution in [1.82, 2.24) is 10.2 Å². The molecule has 1 spiro atoms. The molecule has 0 radical (unpaired) electrons. The molecule has 126 valence electrons. The lowest BCUT2D eigenvalue weighted by atomic mass is 10.1. The van der Waals surface area contributed by atoms with Gasteiger partial charge in [-0.3, -0.25) is 4.79 Å². The summed E-state index contributed by atoms with van der Waals surface area (Å²) in [7, 11) is 0. The average Bonchev–Trinajstić information content (AvgIpc) is 2.71. The number of alkyl carbamates (subject to hydrolysis) is 1. The fourth-order valence-corrected chi connectivity index (χ4v) is 2.89. The van der Waals surface area contributed by atoms with Crippen molar-refractivity contribution in [2.24, 2.45) is 5.41 Å². The summed E-state index contributed by atoms with van der Waals surface area (Å²) in [5.74, 6) is -2.96. The van der Waals surface area contributed by atoms with Gasteiger partial charge in [0.25, 0.3) is 5.92 Å². The highest BCUT2D eigenvalue weighted by molar-refractivity contribution is 5.86. The van der Waals surface area contributed by atoms with Gasteiger partial charge in [-0.15, -0.1) is 0 Å². The molecule has 1 aliphatic carbocycles. The van der Waals surface area contributed by atoms with Crippen LogP contribution in [0.5, 0.6) is 0 Å². The molecule has 2 fully saturated rings.